The molecule has 1 unspecified atom stereocenters. The molecule has 4 nitrogen and oxygen atoms in total. The third-order valence-electron chi connectivity index (χ3n) is 3.72. The third kappa shape index (κ3) is 2.94. The monoisotopic (exact) mass is 250 g/mol. The van der Waals surface area contributed by atoms with E-state index in [9.17, 15) is 5.11 Å². The minimum absolute atomic E-state index is 0.0684. The van der Waals surface area contributed by atoms with Crippen LogP contribution in [-0.2, 0) is 0 Å². The number of methoxy groups -OCH3 is 1. The molecule has 1 aliphatic heterocycles. The Balaban J connectivity index is 2.09. The van der Waals surface area contributed by atoms with Crippen LogP contribution in [0, 0.1) is 0 Å². The molecule has 1 saturated heterocycles. The molecule has 0 aliphatic carbocycles. The van der Waals surface area contributed by atoms with Gasteiger partial charge in [0.15, 0.2) is 0 Å². The molecule has 100 valence electrons. The number of aliphatic hydroxyl groups is 1. The molecule has 4 heteroatoms. The quantitative estimate of drug-likeness (QED) is 0.851. The van der Waals surface area contributed by atoms with Crippen LogP contribution < -0.4 is 15.4 Å². The summed E-state index contributed by atoms with van der Waals surface area (Å²) in [5, 5.41) is 9.35. The highest BCUT2D eigenvalue weighted by Gasteiger charge is 2.27. The van der Waals surface area contributed by atoms with Crippen molar-refractivity contribution in [3.05, 3.63) is 24.3 Å². The molecular weight excluding hydrogens is 228 g/mol. The van der Waals surface area contributed by atoms with Crippen molar-refractivity contribution < 1.29 is 9.84 Å². The van der Waals surface area contributed by atoms with E-state index in [1.807, 2.05) is 18.2 Å². The average molecular weight is 250 g/mol. The fourth-order valence-electron chi connectivity index (χ4n) is 2.44. The van der Waals surface area contributed by atoms with Gasteiger partial charge in [0.05, 0.1) is 13.7 Å². The summed E-state index contributed by atoms with van der Waals surface area (Å²) in [6.45, 7) is 1.93. The van der Waals surface area contributed by atoms with Crippen molar-refractivity contribution in [3.63, 3.8) is 0 Å². The summed E-state index contributed by atoms with van der Waals surface area (Å²) in [6.07, 6.45) is 2.71. The normalized spacial score (nSPS) is 24.7. The van der Waals surface area contributed by atoms with Gasteiger partial charge in [-0.3, -0.25) is 0 Å². The highest BCUT2D eigenvalue weighted by Crippen LogP contribution is 2.26. The van der Waals surface area contributed by atoms with Crippen LogP contribution >= 0.6 is 0 Å². The summed E-state index contributed by atoms with van der Waals surface area (Å²) in [7, 11) is 1.68. The number of hydrogen-bond donors (Lipinski definition) is 2. The van der Waals surface area contributed by atoms with Crippen LogP contribution in [0.3, 0.4) is 0 Å². The lowest BCUT2D eigenvalue weighted by Crippen LogP contribution is -2.44. The molecule has 3 N–H and O–H groups in total. The lowest BCUT2D eigenvalue weighted by molar-refractivity contribution is 0.183. The standard InChI is InChI=1S/C14H22N2O2/c1-18-13-5-2-4-12(10-13)16-8-3-6-14(15,11-17)7-9-16/h2,4-5,10,17H,3,6-9,11,15H2,1H3. The van der Waals surface area contributed by atoms with Gasteiger partial charge in [-0.1, -0.05) is 6.07 Å². The van der Waals surface area contributed by atoms with E-state index in [0.29, 0.717) is 0 Å². The first kappa shape index (κ1) is 13.2. The maximum Gasteiger partial charge on any atom is 0.120 e. The molecule has 1 aliphatic rings. The second kappa shape index (κ2) is 5.59. The van der Waals surface area contributed by atoms with Crippen molar-refractivity contribution in [3.8, 4) is 5.75 Å². The predicted octanol–water partition coefficient (Wildman–Crippen LogP) is 1.38. The van der Waals surface area contributed by atoms with E-state index in [2.05, 4.69) is 11.0 Å². The number of ether oxygens (including phenoxy) is 1. The molecule has 0 aromatic heterocycles. The first-order chi connectivity index (χ1) is 8.67. The number of rotatable bonds is 3. The van der Waals surface area contributed by atoms with Gasteiger partial charge in [0.2, 0.25) is 0 Å². The fourth-order valence-corrected chi connectivity index (χ4v) is 2.44. The van der Waals surface area contributed by atoms with Gasteiger partial charge in [-0.25, -0.2) is 0 Å². The predicted molar refractivity (Wildman–Crippen MR) is 73.1 cm³/mol. The zero-order valence-electron chi connectivity index (χ0n) is 10.9. The molecule has 0 amide bonds. The Hall–Kier alpha value is -1.26. The van der Waals surface area contributed by atoms with Crippen molar-refractivity contribution >= 4 is 5.69 Å². The zero-order chi connectivity index (χ0) is 13.0. The Morgan fingerprint density at radius 3 is 2.94 bits per heavy atom. The van der Waals surface area contributed by atoms with E-state index in [0.717, 1.165) is 43.8 Å². The molecule has 1 heterocycles. The maximum atomic E-state index is 9.35. The van der Waals surface area contributed by atoms with Crippen molar-refractivity contribution in [2.75, 3.05) is 31.7 Å². The molecule has 0 bridgehead atoms. The lowest BCUT2D eigenvalue weighted by Gasteiger charge is -2.26. The minimum Gasteiger partial charge on any atom is -0.497 e. The molecule has 1 fully saturated rings. The minimum atomic E-state index is -0.409. The summed E-state index contributed by atoms with van der Waals surface area (Å²) in [5.41, 5.74) is 6.91. The lowest BCUT2D eigenvalue weighted by atomic mass is 9.93. The van der Waals surface area contributed by atoms with Gasteiger partial charge < -0.3 is 20.5 Å². The van der Waals surface area contributed by atoms with Gasteiger partial charge >= 0.3 is 0 Å². The summed E-state index contributed by atoms with van der Waals surface area (Å²) >= 11 is 0. The molecule has 18 heavy (non-hydrogen) atoms. The zero-order valence-corrected chi connectivity index (χ0v) is 10.9. The van der Waals surface area contributed by atoms with Crippen LogP contribution in [-0.4, -0.2) is 37.5 Å². The van der Waals surface area contributed by atoms with E-state index in [4.69, 9.17) is 10.5 Å². The van der Waals surface area contributed by atoms with Crippen molar-refractivity contribution in [2.45, 2.75) is 24.8 Å². The number of benzene rings is 1. The smallest absolute Gasteiger partial charge is 0.120 e. The van der Waals surface area contributed by atoms with Crippen LogP contribution in [0.5, 0.6) is 5.75 Å². The average Bonchev–Trinajstić information content (AvgIpc) is 2.62. The van der Waals surface area contributed by atoms with Crippen LogP contribution in [0.15, 0.2) is 24.3 Å². The first-order valence-electron chi connectivity index (χ1n) is 6.46. The fraction of sp³-hybridized carbons (Fsp3) is 0.571. The second-order valence-corrected chi connectivity index (χ2v) is 5.06. The molecule has 1 aromatic rings. The van der Waals surface area contributed by atoms with E-state index in [1.165, 1.54) is 0 Å². The number of aliphatic hydroxyl groups excluding tert-OH is 1. The molecule has 1 atom stereocenters. The number of anilines is 1. The summed E-state index contributed by atoms with van der Waals surface area (Å²) in [6, 6.07) is 8.08. The SMILES string of the molecule is COc1cccc(N2CCCC(N)(CO)CC2)c1. The van der Waals surface area contributed by atoms with Crippen LogP contribution in [0.1, 0.15) is 19.3 Å². The Labute approximate surface area is 108 Å². The largest absolute Gasteiger partial charge is 0.497 e. The first-order valence-corrected chi connectivity index (χ1v) is 6.46. The topological polar surface area (TPSA) is 58.7 Å². The van der Waals surface area contributed by atoms with E-state index < -0.39 is 5.54 Å². The summed E-state index contributed by atoms with van der Waals surface area (Å²) in [5.74, 6) is 0.873. The molecule has 2 rings (SSSR count). The van der Waals surface area contributed by atoms with E-state index >= 15 is 0 Å². The third-order valence-corrected chi connectivity index (χ3v) is 3.72. The molecular formula is C14H22N2O2. The van der Waals surface area contributed by atoms with E-state index in [1.54, 1.807) is 7.11 Å². The van der Waals surface area contributed by atoms with Crippen molar-refractivity contribution in [2.24, 2.45) is 5.73 Å². The Bertz CT molecular complexity index is 397. The number of nitrogens with zero attached hydrogens (tertiary/aromatic N) is 1. The molecule has 0 radical (unpaired) electrons. The summed E-state index contributed by atoms with van der Waals surface area (Å²) in [4.78, 5) is 2.31. The highest BCUT2D eigenvalue weighted by molar-refractivity contribution is 5.50. The number of nitrogens with two attached hydrogens (primary N) is 1. The Morgan fingerprint density at radius 2 is 2.22 bits per heavy atom. The van der Waals surface area contributed by atoms with Gasteiger partial charge in [0.25, 0.3) is 0 Å². The van der Waals surface area contributed by atoms with Gasteiger partial charge in [0.1, 0.15) is 5.75 Å². The van der Waals surface area contributed by atoms with Crippen molar-refractivity contribution in [1.29, 1.82) is 0 Å². The van der Waals surface area contributed by atoms with Gasteiger partial charge in [-0.2, -0.15) is 0 Å². The molecule has 0 spiro atoms. The van der Waals surface area contributed by atoms with E-state index in [-0.39, 0.29) is 6.61 Å². The van der Waals surface area contributed by atoms with Crippen LogP contribution in [0.2, 0.25) is 0 Å². The Kier molecular flexibility index (Phi) is 4.09. The summed E-state index contributed by atoms with van der Waals surface area (Å²) < 4.78 is 5.25. The Morgan fingerprint density at radius 1 is 1.39 bits per heavy atom. The number of hydrogen-bond acceptors (Lipinski definition) is 4. The maximum absolute atomic E-state index is 9.35. The highest BCUT2D eigenvalue weighted by atomic mass is 16.5. The van der Waals surface area contributed by atoms with Crippen molar-refractivity contribution in [1.82, 2.24) is 0 Å². The molecule has 0 saturated carbocycles. The second-order valence-electron chi connectivity index (χ2n) is 5.06. The van der Waals surface area contributed by atoms with Crippen LogP contribution in [0.25, 0.3) is 0 Å². The van der Waals surface area contributed by atoms with Crippen LogP contribution in [0.4, 0.5) is 5.69 Å². The molecule has 1 aromatic carbocycles. The van der Waals surface area contributed by atoms with Gasteiger partial charge in [-0.15, -0.1) is 0 Å². The van der Waals surface area contributed by atoms with Gasteiger partial charge in [-0.05, 0) is 31.4 Å². The van der Waals surface area contributed by atoms with Gasteiger partial charge in [0, 0.05) is 30.4 Å².